The van der Waals surface area contributed by atoms with E-state index in [2.05, 4.69) is 15.0 Å². The van der Waals surface area contributed by atoms with E-state index in [0.717, 1.165) is 40.1 Å². The summed E-state index contributed by atoms with van der Waals surface area (Å²) < 4.78 is 47.4. The van der Waals surface area contributed by atoms with Crippen LogP contribution < -0.4 is 20.8 Å². The topological polar surface area (TPSA) is 132 Å². The molecule has 0 aliphatic carbocycles. The molecule has 3 heterocycles. The third-order valence-electron chi connectivity index (χ3n) is 6.46. The number of fused-ring (bicyclic) bond motifs is 1. The SMILES string of the molecule is CCc1ccc(-c2c(C(C)=O)c(C)nc3sc(C(=O)c4c(=O)o[nH][n+]4-c4ccc(OC(F)(F)F)cc4)c(N)c23)cc1. The maximum absolute atomic E-state index is 13.8. The number of H-pyrrole nitrogens is 1. The van der Waals surface area contributed by atoms with Crippen LogP contribution in [-0.4, -0.2) is 28.2 Å². The van der Waals surface area contributed by atoms with E-state index in [-0.39, 0.29) is 22.0 Å². The van der Waals surface area contributed by atoms with Crippen LogP contribution in [0.4, 0.5) is 18.9 Å². The molecule has 0 aliphatic heterocycles. The molecule has 5 rings (SSSR count). The van der Waals surface area contributed by atoms with Crippen LogP contribution >= 0.6 is 11.3 Å². The summed E-state index contributed by atoms with van der Waals surface area (Å²) in [5.41, 5.74) is 8.36. The summed E-state index contributed by atoms with van der Waals surface area (Å²) in [5.74, 6) is -1.52. The van der Waals surface area contributed by atoms with Gasteiger partial charge in [0.2, 0.25) is 5.69 Å². The number of nitrogens with two attached hydrogens (primary N) is 1. The number of Topliss-reactive ketones (excluding diaryl/α,β-unsaturated/α-hetero) is 1. The molecule has 0 aliphatic rings. The van der Waals surface area contributed by atoms with E-state index in [9.17, 15) is 27.6 Å². The first-order valence-corrected chi connectivity index (χ1v) is 13.1. The number of anilines is 1. The van der Waals surface area contributed by atoms with Gasteiger partial charge in [-0.2, -0.15) is 0 Å². The number of halogens is 3. The molecule has 2 aromatic carbocycles. The fourth-order valence-electron chi connectivity index (χ4n) is 4.61. The number of carbonyl (C=O) groups excluding carboxylic acids is 2. The first kappa shape index (κ1) is 27.8. The predicted molar refractivity (Wildman–Crippen MR) is 145 cm³/mol. The van der Waals surface area contributed by atoms with Crippen LogP contribution in [0.1, 0.15) is 50.8 Å². The number of thiophene rings is 1. The molecule has 0 fully saturated rings. The lowest BCUT2D eigenvalue weighted by molar-refractivity contribution is -0.672. The van der Waals surface area contributed by atoms with Crippen molar-refractivity contribution in [3.05, 3.63) is 86.3 Å². The highest BCUT2D eigenvalue weighted by Gasteiger charge is 2.36. The van der Waals surface area contributed by atoms with E-state index in [1.807, 2.05) is 31.2 Å². The number of aryl methyl sites for hydroxylation is 2. The summed E-state index contributed by atoms with van der Waals surface area (Å²) in [6.45, 7) is 5.14. The molecule has 0 bridgehead atoms. The maximum atomic E-state index is 13.8. The molecule has 210 valence electrons. The van der Waals surface area contributed by atoms with Gasteiger partial charge in [-0.15, -0.1) is 24.5 Å². The molecule has 3 aromatic heterocycles. The average molecular weight is 584 g/mol. The van der Waals surface area contributed by atoms with Crippen molar-refractivity contribution in [1.82, 2.24) is 10.3 Å². The molecule has 0 atom stereocenters. The standard InChI is InChI=1S/C28H21F3N4O5S/c1-4-15-5-7-16(8-6-15)20-19(14(3)36)13(2)33-26-21(20)22(32)25(41-26)24(37)23-27(38)40-34-35(23)17-9-11-18(12-10-17)39-28(29,30)31/h5-12H,4H2,1-3H3,(H2-,32,34,37,38)/p+1. The van der Waals surface area contributed by atoms with E-state index in [1.54, 1.807) is 6.92 Å². The molecule has 9 nitrogen and oxygen atoms in total. The van der Waals surface area contributed by atoms with Crippen molar-refractivity contribution in [2.24, 2.45) is 0 Å². The Bertz CT molecular complexity index is 1870. The number of nitrogen functional groups attached to an aromatic ring is 1. The Morgan fingerprint density at radius 1 is 1.12 bits per heavy atom. The molecule has 0 spiro atoms. The summed E-state index contributed by atoms with van der Waals surface area (Å²) in [7, 11) is 0. The summed E-state index contributed by atoms with van der Waals surface area (Å²) >= 11 is 0.953. The van der Waals surface area contributed by atoms with Crippen molar-refractivity contribution >= 4 is 38.8 Å². The minimum absolute atomic E-state index is 0.0169. The second kappa shape index (κ2) is 10.3. The lowest BCUT2D eigenvalue weighted by Crippen LogP contribution is -2.41. The Balaban J connectivity index is 1.66. The van der Waals surface area contributed by atoms with Crippen LogP contribution in [0.15, 0.2) is 57.8 Å². The van der Waals surface area contributed by atoms with Gasteiger partial charge in [0.25, 0.3) is 5.78 Å². The van der Waals surface area contributed by atoms with Gasteiger partial charge in [-0.3, -0.25) is 14.1 Å². The predicted octanol–water partition coefficient (Wildman–Crippen LogP) is 5.31. The lowest BCUT2D eigenvalue weighted by Gasteiger charge is -2.13. The minimum atomic E-state index is -4.88. The fraction of sp³-hybridized carbons (Fsp3) is 0.179. The second-order valence-electron chi connectivity index (χ2n) is 9.11. The highest BCUT2D eigenvalue weighted by atomic mass is 32.1. The Hall–Kier alpha value is -4.78. The van der Waals surface area contributed by atoms with E-state index in [1.165, 1.54) is 19.1 Å². The molecule has 3 N–H and O–H groups in total. The van der Waals surface area contributed by atoms with Crippen molar-refractivity contribution in [2.75, 3.05) is 5.73 Å². The third-order valence-corrected chi connectivity index (χ3v) is 7.56. The molecule has 41 heavy (non-hydrogen) atoms. The lowest BCUT2D eigenvalue weighted by atomic mass is 9.92. The zero-order valence-electron chi connectivity index (χ0n) is 21.9. The number of aromatic nitrogens is 3. The molecule has 0 unspecified atom stereocenters. The van der Waals surface area contributed by atoms with E-state index in [0.29, 0.717) is 32.6 Å². The summed E-state index contributed by atoms with van der Waals surface area (Å²) in [6.07, 6.45) is -4.06. The van der Waals surface area contributed by atoms with Crippen molar-refractivity contribution in [3.8, 4) is 22.6 Å². The van der Waals surface area contributed by atoms with Crippen LogP contribution in [0.5, 0.6) is 5.75 Å². The van der Waals surface area contributed by atoms with Gasteiger partial charge < -0.3 is 10.5 Å². The van der Waals surface area contributed by atoms with Gasteiger partial charge >= 0.3 is 17.7 Å². The monoisotopic (exact) mass is 583 g/mol. The first-order chi connectivity index (χ1) is 19.4. The number of hydrogen-bond donors (Lipinski definition) is 2. The van der Waals surface area contributed by atoms with Gasteiger partial charge in [-0.05, 0) is 53.5 Å². The molecule has 0 saturated carbocycles. The zero-order chi connectivity index (χ0) is 29.6. The number of hydrogen-bond acceptors (Lipinski definition) is 8. The van der Waals surface area contributed by atoms with Gasteiger partial charge in [0, 0.05) is 28.6 Å². The number of nitrogens with zero attached hydrogens (tertiary/aromatic N) is 2. The minimum Gasteiger partial charge on any atom is -0.406 e. The first-order valence-electron chi connectivity index (χ1n) is 12.3. The quantitative estimate of drug-likeness (QED) is 0.196. The Kier molecular flexibility index (Phi) is 6.99. The number of ketones is 2. The zero-order valence-corrected chi connectivity index (χ0v) is 22.7. The smallest absolute Gasteiger partial charge is 0.406 e. The summed E-state index contributed by atoms with van der Waals surface area (Å²) in [4.78, 5) is 44.1. The van der Waals surface area contributed by atoms with Gasteiger partial charge in [0.15, 0.2) is 5.78 Å². The van der Waals surface area contributed by atoms with Crippen LogP contribution in [-0.2, 0) is 6.42 Å². The number of aromatic amines is 1. The number of carbonyl (C=O) groups is 2. The Morgan fingerprint density at radius 2 is 1.78 bits per heavy atom. The molecular formula is C28H22F3N4O5S+. The van der Waals surface area contributed by atoms with Crippen LogP contribution in [0, 0.1) is 6.92 Å². The fourth-order valence-corrected chi connectivity index (χ4v) is 5.71. The van der Waals surface area contributed by atoms with E-state index in [4.69, 9.17) is 10.3 Å². The number of benzene rings is 2. The van der Waals surface area contributed by atoms with Crippen molar-refractivity contribution < 1.29 is 36.7 Å². The van der Waals surface area contributed by atoms with Crippen molar-refractivity contribution in [1.29, 1.82) is 0 Å². The van der Waals surface area contributed by atoms with Crippen LogP contribution in [0.25, 0.3) is 27.0 Å². The molecule has 13 heteroatoms. The maximum Gasteiger partial charge on any atom is 0.573 e. The third kappa shape index (κ3) is 5.11. The molecule has 0 saturated heterocycles. The number of alkyl halides is 3. The number of pyridine rings is 1. The summed E-state index contributed by atoms with van der Waals surface area (Å²) in [5, 5.41) is 2.69. The van der Waals surface area contributed by atoms with E-state index >= 15 is 0 Å². The van der Waals surface area contributed by atoms with Gasteiger partial charge in [0.05, 0.1) is 11.4 Å². The molecular weight excluding hydrogens is 561 g/mol. The highest BCUT2D eigenvalue weighted by Crippen LogP contribution is 2.42. The van der Waals surface area contributed by atoms with Gasteiger partial charge in [-0.25, -0.2) is 9.78 Å². The Morgan fingerprint density at radius 3 is 2.37 bits per heavy atom. The summed E-state index contributed by atoms with van der Waals surface area (Å²) in [6, 6.07) is 12.1. The largest absolute Gasteiger partial charge is 0.573 e. The van der Waals surface area contributed by atoms with Crippen LogP contribution in [0.3, 0.4) is 0 Å². The van der Waals surface area contributed by atoms with Gasteiger partial charge in [0.1, 0.15) is 15.5 Å². The molecule has 0 amide bonds. The van der Waals surface area contributed by atoms with E-state index < -0.39 is 29.2 Å². The molecule has 5 aromatic rings. The number of ether oxygens (including phenoxy) is 1. The van der Waals surface area contributed by atoms with Crippen LogP contribution in [0.2, 0.25) is 0 Å². The molecule has 0 radical (unpaired) electrons. The highest BCUT2D eigenvalue weighted by molar-refractivity contribution is 7.21. The average Bonchev–Trinajstić information content (AvgIpc) is 3.46. The van der Waals surface area contributed by atoms with Crippen molar-refractivity contribution in [3.63, 3.8) is 0 Å². The van der Waals surface area contributed by atoms with Gasteiger partial charge in [-0.1, -0.05) is 31.2 Å². The normalized spacial score (nSPS) is 11.7. The second-order valence-corrected chi connectivity index (χ2v) is 10.1. The number of rotatable bonds is 7. The van der Waals surface area contributed by atoms with Crippen molar-refractivity contribution in [2.45, 2.75) is 33.6 Å². The Labute approximate surface area is 233 Å². The number of nitrogens with one attached hydrogen (secondary N) is 1.